The van der Waals surface area contributed by atoms with Crippen LogP contribution >= 0.6 is 45.2 Å². The van der Waals surface area contributed by atoms with E-state index < -0.39 is 0 Å². The van der Waals surface area contributed by atoms with Crippen LogP contribution < -0.4 is 0 Å². The van der Waals surface area contributed by atoms with Crippen molar-refractivity contribution in [1.29, 1.82) is 0 Å². The van der Waals surface area contributed by atoms with Crippen molar-refractivity contribution in [2.45, 2.75) is 53.8 Å². The van der Waals surface area contributed by atoms with Crippen molar-refractivity contribution < 1.29 is 0 Å². The predicted molar refractivity (Wildman–Crippen MR) is 70.0 cm³/mol. The largest absolute Gasteiger partial charge is 0.0818 e. The molecule has 11 heavy (non-hydrogen) atoms. The second-order valence-corrected chi connectivity index (χ2v) is 6.61. The van der Waals surface area contributed by atoms with Gasteiger partial charge in [-0.2, -0.15) is 0 Å². The van der Waals surface area contributed by atoms with Gasteiger partial charge in [-0.1, -0.05) is 84.7 Å². The van der Waals surface area contributed by atoms with E-state index >= 15 is 0 Å². The third kappa shape index (κ3) is 7.81. The summed E-state index contributed by atoms with van der Waals surface area (Å²) in [6, 6.07) is 0. The van der Waals surface area contributed by atoms with Crippen molar-refractivity contribution in [1.82, 2.24) is 0 Å². The number of rotatable bonds is 6. The van der Waals surface area contributed by atoms with E-state index in [1.54, 1.807) is 0 Å². The molecule has 0 spiro atoms. The fraction of sp³-hybridized carbons (Fsp3) is 1.00. The first-order valence-electron chi connectivity index (χ1n) is 4.46. The molecule has 0 radical (unpaired) electrons. The second kappa shape index (κ2) is 8.08. The highest BCUT2D eigenvalue weighted by Gasteiger charge is 2.08. The lowest BCUT2D eigenvalue weighted by atomic mass is 10.1. The summed E-state index contributed by atoms with van der Waals surface area (Å²) < 4.78 is 1.71. The van der Waals surface area contributed by atoms with Crippen LogP contribution in [0, 0.1) is 0 Å². The molecular formula is C9H18I2. The molecule has 0 aromatic carbocycles. The Kier molecular flexibility index (Phi) is 9.15. The normalized spacial score (nSPS) is 16.4. The highest BCUT2D eigenvalue weighted by molar-refractivity contribution is 14.1. The summed E-state index contributed by atoms with van der Waals surface area (Å²) >= 11 is 5.10. The number of halogens is 2. The lowest BCUT2D eigenvalue weighted by Gasteiger charge is -2.11. The molecule has 0 aliphatic carbocycles. The highest BCUT2D eigenvalue weighted by Crippen LogP contribution is 2.20. The molecule has 0 fully saturated rings. The van der Waals surface area contributed by atoms with Crippen LogP contribution in [0.3, 0.4) is 0 Å². The molecule has 0 aromatic rings. The van der Waals surface area contributed by atoms with E-state index in [4.69, 9.17) is 0 Å². The Morgan fingerprint density at radius 1 is 1.09 bits per heavy atom. The van der Waals surface area contributed by atoms with Gasteiger partial charge in [0, 0.05) is 7.85 Å². The van der Waals surface area contributed by atoms with E-state index in [0.29, 0.717) is 0 Å². The van der Waals surface area contributed by atoms with Crippen LogP contribution in [-0.4, -0.2) is 7.85 Å². The van der Waals surface area contributed by atoms with Crippen molar-refractivity contribution in [3.63, 3.8) is 0 Å². The van der Waals surface area contributed by atoms with Gasteiger partial charge in [-0.05, 0) is 6.42 Å². The molecule has 0 aliphatic heterocycles. The van der Waals surface area contributed by atoms with Crippen LogP contribution in [0.2, 0.25) is 0 Å². The summed E-state index contributed by atoms with van der Waals surface area (Å²) in [7, 11) is 0. The van der Waals surface area contributed by atoms with Crippen molar-refractivity contribution in [2.75, 3.05) is 0 Å². The molecular weight excluding hydrogens is 362 g/mol. The van der Waals surface area contributed by atoms with Gasteiger partial charge in [0.1, 0.15) is 0 Å². The molecule has 0 aliphatic rings. The molecule has 0 saturated heterocycles. The summed E-state index contributed by atoms with van der Waals surface area (Å²) in [4.78, 5) is 0. The first-order valence-corrected chi connectivity index (χ1v) is 6.95. The molecule has 2 atom stereocenters. The summed E-state index contributed by atoms with van der Waals surface area (Å²) in [6.45, 7) is 4.57. The maximum absolute atomic E-state index is 2.58. The Balaban J connectivity index is 3.10. The average molecular weight is 380 g/mol. The Hall–Kier alpha value is 1.46. The minimum Gasteiger partial charge on any atom is -0.0818 e. The van der Waals surface area contributed by atoms with E-state index in [2.05, 4.69) is 59.0 Å². The van der Waals surface area contributed by atoms with Crippen LogP contribution in [0.15, 0.2) is 0 Å². The Morgan fingerprint density at radius 3 is 2.18 bits per heavy atom. The zero-order chi connectivity index (χ0) is 8.69. The Morgan fingerprint density at radius 2 is 1.73 bits per heavy atom. The van der Waals surface area contributed by atoms with Gasteiger partial charge >= 0.3 is 0 Å². The van der Waals surface area contributed by atoms with E-state index in [9.17, 15) is 0 Å². The quantitative estimate of drug-likeness (QED) is 0.360. The van der Waals surface area contributed by atoms with Gasteiger partial charge < -0.3 is 0 Å². The molecule has 0 saturated carbocycles. The van der Waals surface area contributed by atoms with Crippen LogP contribution in [0.4, 0.5) is 0 Å². The highest BCUT2D eigenvalue weighted by atomic mass is 127. The first-order chi connectivity index (χ1) is 5.18. The molecule has 0 rings (SSSR count). The first kappa shape index (κ1) is 12.5. The van der Waals surface area contributed by atoms with Crippen molar-refractivity contribution in [3.05, 3.63) is 0 Å². The summed E-state index contributed by atoms with van der Waals surface area (Å²) in [5.41, 5.74) is 0. The van der Waals surface area contributed by atoms with Gasteiger partial charge in [0.05, 0.1) is 0 Å². The standard InChI is InChI=1S/C9H18I2/c1-3-4-5-6-7-9(11)8(2)10/h8-9H,3-7H2,1-2H3. The SMILES string of the molecule is CCCCCCC(I)C(C)I. The van der Waals surface area contributed by atoms with Gasteiger partial charge in [0.25, 0.3) is 0 Å². The molecule has 0 nitrogen and oxygen atoms in total. The van der Waals surface area contributed by atoms with Crippen LogP contribution in [0.1, 0.15) is 46.0 Å². The fourth-order valence-corrected chi connectivity index (χ4v) is 1.80. The molecule has 0 N–H and O–H groups in total. The molecule has 0 heterocycles. The van der Waals surface area contributed by atoms with Gasteiger partial charge in [-0.15, -0.1) is 0 Å². The maximum atomic E-state index is 2.58. The number of hydrogen-bond acceptors (Lipinski definition) is 0. The topological polar surface area (TPSA) is 0 Å². The van der Waals surface area contributed by atoms with Gasteiger partial charge in [0.15, 0.2) is 0 Å². The third-order valence-electron chi connectivity index (χ3n) is 1.83. The lowest BCUT2D eigenvalue weighted by molar-refractivity contribution is 0.626. The predicted octanol–water partition coefficient (Wildman–Crippen LogP) is 4.58. The van der Waals surface area contributed by atoms with Gasteiger partial charge in [-0.25, -0.2) is 0 Å². The molecule has 2 unspecified atom stereocenters. The average Bonchev–Trinajstić information content (AvgIpc) is 1.97. The zero-order valence-corrected chi connectivity index (χ0v) is 11.8. The molecule has 0 bridgehead atoms. The van der Waals surface area contributed by atoms with Crippen molar-refractivity contribution in [3.8, 4) is 0 Å². The number of unbranched alkanes of at least 4 members (excludes halogenated alkanes) is 3. The monoisotopic (exact) mass is 380 g/mol. The Bertz CT molecular complexity index is 81.6. The van der Waals surface area contributed by atoms with Crippen molar-refractivity contribution >= 4 is 45.2 Å². The molecule has 0 amide bonds. The van der Waals surface area contributed by atoms with E-state index in [-0.39, 0.29) is 0 Å². The van der Waals surface area contributed by atoms with E-state index in [0.717, 1.165) is 7.85 Å². The summed E-state index contributed by atoms with van der Waals surface area (Å²) in [5.74, 6) is 0. The van der Waals surface area contributed by atoms with E-state index in [1.165, 1.54) is 32.1 Å². The van der Waals surface area contributed by atoms with Crippen molar-refractivity contribution in [2.24, 2.45) is 0 Å². The van der Waals surface area contributed by atoms with Crippen LogP contribution in [0.5, 0.6) is 0 Å². The lowest BCUT2D eigenvalue weighted by Crippen LogP contribution is -2.08. The van der Waals surface area contributed by atoms with E-state index in [1.807, 2.05) is 0 Å². The number of hydrogen-bond donors (Lipinski definition) is 0. The molecule has 2 heteroatoms. The minimum atomic E-state index is 0.829. The zero-order valence-electron chi connectivity index (χ0n) is 7.45. The third-order valence-corrected chi connectivity index (χ3v) is 5.78. The number of alkyl halides is 2. The smallest absolute Gasteiger partial charge is 0.0225 e. The van der Waals surface area contributed by atoms with Gasteiger partial charge in [-0.3, -0.25) is 0 Å². The summed E-state index contributed by atoms with van der Waals surface area (Å²) in [6.07, 6.45) is 7.03. The summed E-state index contributed by atoms with van der Waals surface area (Å²) in [5, 5.41) is 0. The Labute approximate surface area is 98.2 Å². The van der Waals surface area contributed by atoms with Crippen LogP contribution in [-0.2, 0) is 0 Å². The van der Waals surface area contributed by atoms with Gasteiger partial charge in [0.2, 0.25) is 0 Å². The van der Waals surface area contributed by atoms with Crippen LogP contribution in [0.25, 0.3) is 0 Å². The minimum absolute atomic E-state index is 0.829. The maximum Gasteiger partial charge on any atom is 0.0225 e. The molecule has 68 valence electrons. The molecule has 0 aromatic heterocycles. The second-order valence-electron chi connectivity index (χ2n) is 3.04. The fourth-order valence-electron chi connectivity index (χ4n) is 0.996.